The van der Waals surface area contributed by atoms with Gasteiger partial charge in [-0.15, -0.1) is 0 Å². The van der Waals surface area contributed by atoms with Crippen LogP contribution in [0.5, 0.6) is 0 Å². The first-order valence-corrected chi connectivity index (χ1v) is 4.44. The Bertz CT molecular complexity index is 142. The lowest BCUT2D eigenvalue weighted by molar-refractivity contribution is 0.115. The third kappa shape index (κ3) is 1.42. The topological polar surface area (TPSA) is 32.3 Å². The first-order chi connectivity index (χ1) is 5.08. The van der Waals surface area contributed by atoms with Gasteiger partial charge in [0, 0.05) is 5.54 Å². The second-order valence-corrected chi connectivity index (χ2v) is 4.08. The van der Waals surface area contributed by atoms with Crippen molar-refractivity contribution in [2.24, 2.45) is 5.41 Å². The minimum Gasteiger partial charge on any atom is -0.394 e. The zero-order valence-electron chi connectivity index (χ0n) is 7.78. The van der Waals surface area contributed by atoms with Crippen LogP contribution < -0.4 is 5.32 Å². The Hall–Kier alpha value is -0.0800. The molecule has 66 valence electrons. The number of aliphatic hydroxyl groups excluding tert-OH is 1. The molecule has 1 rings (SSSR count). The molecule has 1 atom stereocenters. The monoisotopic (exact) mass is 157 g/mol. The highest BCUT2D eigenvalue weighted by Crippen LogP contribution is 2.53. The summed E-state index contributed by atoms with van der Waals surface area (Å²) in [5, 5.41) is 12.6. The number of nitrogens with one attached hydrogen (secondary N) is 1. The number of hydrogen-bond acceptors (Lipinski definition) is 2. The van der Waals surface area contributed by atoms with Crippen LogP contribution in [0.25, 0.3) is 0 Å². The molecular formula is C9H19NO. The summed E-state index contributed by atoms with van der Waals surface area (Å²) in [5.74, 6) is 0. The van der Waals surface area contributed by atoms with Gasteiger partial charge >= 0.3 is 0 Å². The van der Waals surface area contributed by atoms with Gasteiger partial charge in [-0.25, -0.2) is 0 Å². The van der Waals surface area contributed by atoms with Gasteiger partial charge in [0.1, 0.15) is 0 Å². The summed E-state index contributed by atoms with van der Waals surface area (Å²) in [6, 6.07) is 0. The van der Waals surface area contributed by atoms with Crippen molar-refractivity contribution in [2.75, 3.05) is 13.2 Å². The quantitative estimate of drug-likeness (QED) is 0.641. The van der Waals surface area contributed by atoms with Crippen molar-refractivity contribution in [1.82, 2.24) is 5.32 Å². The lowest BCUT2D eigenvalue weighted by atomic mass is 9.84. The predicted octanol–water partition coefficient (Wildman–Crippen LogP) is 1.15. The maximum Gasteiger partial charge on any atom is 0.0615 e. The van der Waals surface area contributed by atoms with Crippen LogP contribution in [0.1, 0.15) is 33.6 Å². The average molecular weight is 157 g/mol. The fraction of sp³-hybridized carbons (Fsp3) is 1.00. The zero-order chi connectivity index (χ0) is 8.54. The number of hydrogen-bond donors (Lipinski definition) is 2. The van der Waals surface area contributed by atoms with Crippen molar-refractivity contribution >= 4 is 0 Å². The van der Waals surface area contributed by atoms with Gasteiger partial charge in [-0.1, -0.05) is 13.8 Å². The molecular weight excluding hydrogens is 138 g/mol. The number of likely N-dealkylation sites (N-methyl/N-ethyl adjacent to an activating group) is 1. The van der Waals surface area contributed by atoms with Crippen LogP contribution in [0.3, 0.4) is 0 Å². The molecule has 0 amide bonds. The summed E-state index contributed by atoms with van der Waals surface area (Å²) in [6.45, 7) is 7.62. The van der Waals surface area contributed by atoms with E-state index in [-0.39, 0.29) is 12.1 Å². The summed E-state index contributed by atoms with van der Waals surface area (Å²) < 4.78 is 0. The lowest BCUT2D eigenvalue weighted by Crippen LogP contribution is -2.52. The minimum absolute atomic E-state index is 0.0538. The lowest BCUT2D eigenvalue weighted by Gasteiger charge is -2.35. The molecule has 2 nitrogen and oxygen atoms in total. The van der Waals surface area contributed by atoms with Gasteiger partial charge in [0.25, 0.3) is 0 Å². The van der Waals surface area contributed by atoms with Crippen LogP contribution in [-0.4, -0.2) is 23.8 Å². The molecule has 0 saturated heterocycles. The van der Waals surface area contributed by atoms with E-state index in [1.807, 2.05) is 0 Å². The molecule has 1 unspecified atom stereocenters. The fourth-order valence-electron chi connectivity index (χ4n) is 1.59. The van der Waals surface area contributed by atoms with Gasteiger partial charge in [-0.2, -0.15) is 0 Å². The molecule has 0 spiro atoms. The van der Waals surface area contributed by atoms with Crippen molar-refractivity contribution in [1.29, 1.82) is 0 Å². The molecule has 11 heavy (non-hydrogen) atoms. The van der Waals surface area contributed by atoms with Crippen LogP contribution in [0.15, 0.2) is 0 Å². The molecule has 0 aromatic carbocycles. The van der Waals surface area contributed by atoms with E-state index in [2.05, 4.69) is 26.1 Å². The normalized spacial score (nSPS) is 26.2. The van der Waals surface area contributed by atoms with E-state index in [0.717, 1.165) is 6.54 Å². The average Bonchev–Trinajstić information content (AvgIpc) is 2.70. The molecule has 0 aromatic rings. The maximum absolute atomic E-state index is 9.23. The van der Waals surface area contributed by atoms with Gasteiger partial charge in [0.2, 0.25) is 0 Å². The zero-order valence-corrected chi connectivity index (χ0v) is 7.78. The Kier molecular flexibility index (Phi) is 2.26. The molecule has 0 aliphatic heterocycles. The van der Waals surface area contributed by atoms with E-state index in [4.69, 9.17) is 0 Å². The smallest absolute Gasteiger partial charge is 0.0615 e. The van der Waals surface area contributed by atoms with Gasteiger partial charge in [0.05, 0.1) is 6.61 Å². The summed E-state index contributed by atoms with van der Waals surface area (Å²) in [5.41, 5.74) is 0.291. The third-order valence-electron chi connectivity index (χ3n) is 3.22. The summed E-state index contributed by atoms with van der Waals surface area (Å²) in [6.07, 6.45) is 2.49. The third-order valence-corrected chi connectivity index (χ3v) is 3.22. The molecule has 0 heterocycles. The van der Waals surface area contributed by atoms with Crippen LogP contribution in [0, 0.1) is 5.41 Å². The van der Waals surface area contributed by atoms with Crippen molar-refractivity contribution in [3.8, 4) is 0 Å². The van der Waals surface area contributed by atoms with Crippen LogP contribution in [0.4, 0.5) is 0 Å². The Labute approximate surface area is 69.0 Å². The van der Waals surface area contributed by atoms with Crippen molar-refractivity contribution in [3.63, 3.8) is 0 Å². The summed E-state index contributed by atoms with van der Waals surface area (Å²) >= 11 is 0. The van der Waals surface area contributed by atoms with Gasteiger partial charge < -0.3 is 10.4 Å². The van der Waals surface area contributed by atoms with Gasteiger partial charge in [-0.05, 0) is 31.7 Å². The largest absolute Gasteiger partial charge is 0.394 e. The summed E-state index contributed by atoms with van der Waals surface area (Å²) in [7, 11) is 0. The highest BCUT2D eigenvalue weighted by molar-refractivity contribution is 5.07. The van der Waals surface area contributed by atoms with Crippen molar-refractivity contribution in [3.05, 3.63) is 0 Å². The number of aliphatic hydroxyl groups is 1. The first-order valence-electron chi connectivity index (χ1n) is 4.44. The van der Waals surface area contributed by atoms with E-state index in [9.17, 15) is 5.11 Å². The molecule has 1 fully saturated rings. The molecule has 1 aliphatic rings. The second-order valence-electron chi connectivity index (χ2n) is 4.08. The van der Waals surface area contributed by atoms with E-state index < -0.39 is 0 Å². The van der Waals surface area contributed by atoms with Crippen LogP contribution in [0.2, 0.25) is 0 Å². The Morgan fingerprint density at radius 2 is 2.09 bits per heavy atom. The number of rotatable bonds is 4. The van der Waals surface area contributed by atoms with E-state index in [1.165, 1.54) is 12.8 Å². The standard InChI is InChI=1S/C9H19NO/c1-4-10-9(3,7-11)8(2)5-6-8/h10-11H,4-7H2,1-3H3. The highest BCUT2D eigenvalue weighted by atomic mass is 16.3. The van der Waals surface area contributed by atoms with Crippen molar-refractivity contribution in [2.45, 2.75) is 39.2 Å². The molecule has 1 saturated carbocycles. The Morgan fingerprint density at radius 1 is 1.55 bits per heavy atom. The van der Waals surface area contributed by atoms with E-state index >= 15 is 0 Å². The fourth-order valence-corrected chi connectivity index (χ4v) is 1.59. The van der Waals surface area contributed by atoms with E-state index in [0.29, 0.717) is 5.41 Å². The molecule has 0 bridgehead atoms. The highest BCUT2D eigenvalue weighted by Gasteiger charge is 2.52. The predicted molar refractivity (Wildman–Crippen MR) is 46.5 cm³/mol. The van der Waals surface area contributed by atoms with Gasteiger partial charge in [0.15, 0.2) is 0 Å². The van der Waals surface area contributed by atoms with Crippen LogP contribution >= 0.6 is 0 Å². The van der Waals surface area contributed by atoms with Gasteiger partial charge in [-0.3, -0.25) is 0 Å². The van der Waals surface area contributed by atoms with Crippen molar-refractivity contribution < 1.29 is 5.11 Å². The first kappa shape index (κ1) is 9.01. The maximum atomic E-state index is 9.23. The minimum atomic E-state index is -0.0538. The molecule has 2 N–H and O–H groups in total. The Morgan fingerprint density at radius 3 is 2.36 bits per heavy atom. The molecule has 2 heteroatoms. The molecule has 0 aromatic heterocycles. The molecule has 0 radical (unpaired) electrons. The second kappa shape index (κ2) is 2.76. The van der Waals surface area contributed by atoms with E-state index in [1.54, 1.807) is 0 Å². The summed E-state index contributed by atoms with van der Waals surface area (Å²) in [4.78, 5) is 0. The Balaban J connectivity index is 2.59. The SMILES string of the molecule is CCNC(C)(CO)C1(C)CC1. The van der Waals surface area contributed by atoms with Crippen LogP contribution in [-0.2, 0) is 0 Å². The molecule has 1 aliphatic carbocycles.